The maximum atomic E-state index is 11.9. The normalized spacial score (nSPS) is 10.0. The second-order valence-electron chi connectivity index (χ2n) is 3.76. The van der Waals surface area contributed by atoms with Crippen LogP contribution < -0.4 is 11.1 Å². The SMILES string of the molecule is NC(=S)c1cccc(C(=O)NCc2ccoc2)c1. The summed E-state index contributed by atoms with van der Waals surface area (Å²) < 4.78 is 4.92. The van der Waals surface area contributed by atoms with Crippen LogP contribution in [0.4, 0.5) is 0 Å². The predicted octanol–water partition coefficient (Wildman–Crippen LogP) is 1.84. The Morgan fingerprint density at radius 1 is 1.33 bits per heavy atom. The van der Waals surface area contributed by atoms with Crippen molar-refractivity contribution in [2.45, 2.75) is 6.54 Å². The van der Waals surface area contributed by atoms with Crippen molar-refractivity contribution in [2.24, 2.45) is 5.73 Å². The summed E-state index contributed by atoms with van der Waals surface area (Å²) in [7, 11) is 0. The molecule has 5 heteroatoms. The number of nitrogens with one attached hydrogen (secondary N) is 1. The summed E-state index contributed by atoms with van der Waals surface area (Å²) in [6.07, 6.45) is 3.15. The highest BCUT2D eigenvalue weighted by atomic mass is 32.1. The lowest BCUT2D eigenvalue weighted by Gasteiger charge is -2.05. The van der Waals surface area contributed by atoms with Crippen LogP contribution in [-0.4, -0.2) is 10.9 Å². The zero-order valence-electron chi connectivity index (χ0n) is 9.55. The molecule has 0 radical (unpaired) electrons. The zero-order valence-corrected chi connectivity index (χ0v) is 10.4. The molecule has 0 aliphatic rings. The van der Waals surface area contributed by atoms with E-state index in [4.69, 9.17) is 22.4 Å². The van der Waals surface area contributed by atoms with Crippen LogP contribution in [-0.2, 0) is 6.54 Å². The highest BCUT2D eigenvalue weighted by Crippen LogP contribution is 2.06. The Labute approximate surface area is 110 Å². The number of rotatable bonds is 4. The maximum Gasteiger partial charge on any atom is 0.251 e. The van der Waals surface area contributed by atoms with Gasteiger partial charge in [0.1, 0.15) is 4.99 Å². The molecule has 1 amide bonds. The fourth-order valence-electron chi connectivity index (χ4n) is 1.49. The van der Waals surface area contributed by atoms with Crippen LogP contribution in [0.25, 0.3) is 0 Å². The number of carbonyl (C=O) groups excluding carboxylic acids is 1. The largest absolute Gasteiger partial charge is 0.472 e. The van der Waals surface area contributed by atoms with Gasteiger partial charge in [-0.2, -0.15) is 0 Å². The third-order valence-corrected chi connectivity index (χ3v) is 2.68. The average molecular weight is 260 g/mol. The minimum absolute atomic E-state index is 0.172. The quantitative estimate of drug-likeness (QED) is 0.823. The van der Waals surface area contributed by atoms with E-state index in [-0.39, 0.29) is 10.9 Å². The van der Waals surface area contributed by atoms with Gasteiger partial charge >= 0.3 is 0 Å². The van der Waals surface area contributed by atoms with E-state index < -0.39 is 0 Å². The molecule has 2 rings (SSSR count). The van der Waals surface area contributed by atoms with Gasteiger partial charge in [-0.3, -0.25) is 4.79 Å². The summed E-state index contributed by atoms with van der Waals surface area (Å²) in [5.74, 6) is -0.172. The summed E-state index contributed by atoms with van der Waals surface area (Å²) in [6.45, 7) is 0.423. The molecular formula is C13H12N2O2S. The fraction of sp³-hybridized carbons (Fsp3) is 0.0769. The van der Waals surface area contributed by atoms with Gasteiger partial charge in [-0.25, -0.2) is 0 Å². The molecule has 0 aliphatic carbocycles. The van der Waals surface area contributed by atoms with Gasteiger partial charge < -0.3 is 15.5 Å². The summed E-state index contributed by atoms with van der Waals surface area (Å²) in [5.41, 5.74) is 7.64. The summed E-state index contributed by atoms with van der Waals surface area (Å²) in [6, 6.07) is 8.71. The van der Waals surface area contributed by atoms with Crippen LogP contribution in [0.15, 0.2) is 47.3 Å². The molecule has 1 aromatic carbocycles. The number of benzene rings is 1. The first kappa shape index (κ1) is 12.3. The van der Waals surface area contributed by atoms with Gasteiger partial charge in [0.15, 0.2) is 0 Å². The molecule has 0 unspecified atom stereocenters. The van der Waals surface area contributed by atoms with E-state index in [2.05, 4.69) is 5.32 Å². The number of hydrogen-bond acceptors (Lipinski definition) is 3. The second-order valence-corrected chi connectivity index (χ2v) is 4.20. The topological polar surface area (TPSA) is 68.3 Å². The Morgan fingerprint density at radius 3 is 2.78 bits per heavy atom. The third-order valence-electron chi connectivity index (χ3n) is 2.44. The maximum absolute atomic E-state index is 11.9. The smallest absolute Gasteiger partial charge is 0.251 e. The number of nitrogens with two attached hydrogens (primary N) is 1. The standard InChI is InChI=1S/C13H12N2O2S/c14-12(18)10-2-1-3-11(6-10)13(16)15-7-9-4-5-17-8-9/h1-6,8H,7H2,(H2,14,18)(H,15,16). The first-order valence-corrected chi connectivity index (χ1v) is 5.77. The van der Waals surface area contributed by atoms with Crippen LogP contribution in [0.3, 0.4) is 0 Å². The van der Waals surface area contributed by atoms with Gasteiger partial charge in [0.05, 0.1) is 12.5 Å². The number of hydrogen-bond donors (Lipinski definition) is 2. The van der Waals surface area contributed by atoms with E-state index >= 15 is 0 Å². The van der Waals surface area contributed by atoms with E-state index in [0.717, 1.165) is 5.56 Å². The number of amides is 1. The number of carbonyl (C=O) groups is 1. The molecule has 0 saturated carbocycles. The summed E-state index contributed by atoms with van der Waals surface area (Å²) in [4.78, 5) is 12.2. The number of furan rings is 1. The Hall–Kier alpha value is -2.14. The van der Waals surface area contributed by atoms with E-state index in [9.17, 15) is 4.79 Å². The lowest BCUT2D eigenvalue weighted by molar-refractivity contribution is 0.0951. The van der Waals surface area contributed by atoms with Gasteiger partial charge in [0.2, 0.25) is 0 Å². The first-order chi connectivity index (χ1) is 8.66. The van der Waals surface area contributed by atoms with Crippen molar-refractivity contribution in [1.82, 2.24) is 5.32 Å². The predicted molar refractivity (Wildman–Crippen MR) is 72.2 cm³/mol. The first-order valence-electron chi connectivity index (χ1n) is 5.36. The molecule has 0 bridgehead atoms. The minimum Gasteiger partial charge on any atom is -0.472 e. The van der Waals surface area contributed by atoms with E-state index in [1.165, 1.54) is 0 Å². The fourth-order valence-corrected chi connectivity index (χ4v) is 1.62. The van der Waals surface area contributed by atoms with Gasteiger partial charge in [-0.1, -0.05) is 24.4 Å². The molecule has 92 valence electrons. The van der Waals surface area contributed by atoms with Crippen LogP contribution in [0.2, 0.25) is 0 Å². The van der Waals surface area contributed by atoms with Crippen molar-refractivity contribution in [2.75, 3.05) is 0 Å². The van der Waals surface area contributed by atoms with Crippen molar-refractivity contribution in [3.05, 3.63) is 59.5 Å². The molecule has 2 aromatic rings. The van der Waals surface area contributed by atoms with Crippen LogP contribution >= 0.6 is 12.2 Å². The van der Waals surface area contributed by atoms with Crippen molar-refractivity contribution in [1.29, 1.82) is 0 Å². The van der Waals surface area contributed by atoms with Crippen molar-refractivity contribution >= 4 is 23.1 Å². The van der Waals surface area contributed by atoms with Crippen LogP contribution in [0, 0.1) is 0 Å². The van der Waals surface area contributed by atoms with Gasteiger partial charge in [-0.05, 0) is 18.2 Å². The van der Waals surface area contributed by atoms with Gasteiger partial charge in [-0.15, -0.1) is 0 Å². The molecule has 3 N–H and O–H groups in total. The Bertz CT molecular complexity index is 564. The zero-order chi connectivity index (χ0) is 13.0. The highest BCUT2D eigenvalue weighted by molar-refractivity contribution is 7.80. The third kappa shape index (κ3) is 2.95. The highest BCUT2D eigenvalue weighted by Gasteiger charge is 2.07. The monoisotopic (exact) mass is 260 g/mol. The van der Waals surface area contributed by atoms with Crippen molar-refractivity contribution in [3.8, 4) is 0 Å². The molecule has 1 heterocycles. The van der Waals surface area contributed by atoms with Crippen molar-refractivity contribution < 1.29 is 9.21 Å². The lowest BCUT2D eigenvalue weighted by atomic mass is 10.1. The Kier molecular flexibility index (Phi) is 3.74. The number of thiocarbonyl (C=S) groups is 1. The van der Waals surface area contributed by atoms with E-state index in [1.54, 1.807) is 42.9 Å². The van der Waals surface area contributed by atoms with E-state index in [0.29, 0.717) is 17.7 Å². The van der Waals surface area contributed by atoms with Crippen molar-refractivity contribution in [3.63, 3.8) is 0 Å². The minimum atomic E-state index is -0.172. The molecule has 0 atom stereocenters. The molecule has 18 heavy (non-hydrogen) atoms. The summed E-state index contributed by atoms with van der Waals surface area (Å²) in [5, 5.41) is 2.78. The molecule has 0 spiro atoms. The Morgan fingerprint density at radius 2 is 2.11 bits per heavy atom. The van der Waals surface area contributed by atoms with Crippen LogP contribution in [0.5, 0.6) is 0 Å². The average Bonchev–Trinajstić information content (AvgIpc) is 2.89. The molecule has 0 saturated heterocycles. The molecular weight excluding hydrogens is 248 g/mol. The van der Waals surface area contributed by atoms with E-state index in [1.807, 2.05) is 0 Å². The summed E-state index contributed by atoms with van der Waals surface area (Å²) >= 11 is 4.87. The van der Waals surface area contributed by atoms with Gasteiger partial charge in [0.25, 0.3) is 5.91 Å². The second kappa shape index (κ2) is 5.46. The molecule has 1 aromatic heterocycles. The van der Waals surface area contributed by atoms with Gasteiger partial charge in [0, 0.05) is 23.2 Å². The Balaban J connectivity index is 2.04. The molecule has 4 nitrogen and oxygen atoms in total. The molecule has 0 aliphatic heterocycles. The lowest BCUT2D eigenvalue weighted by Crippen LogP contribution is -2.23. The molecule has 0 fully saturated rings. The van der Waals surface area contributed by atoms with Crippen LogP contribution in [0.1, 0.15) is 21.5 Å².